The van der Waals surface area contributed by atoms with Crippen molar-refractivity contribution in [1.29, 1.82) is 0 Å². The van der Waals surface area contributed by atoms with E-state index in [4.69, 9.17) is 21.1 Å². The highest BCUT2D eigenvalue weighted by molar-refractivity contribution is 7.11. The molecule has 0 bridgehead atoms. The Morgan fingerprint density at radius 3 is 2.65 bits per heavy atom. The quantitative estimate of drug-likeness (QED) is 0.743. The van der Waals surface area contributed by atoms with Crippen LogP contribution in [0.5, 0.6) is 11.5 Å². The molecule has 0 atom stereocenters. The fraction of sp³-hybridized carbons (Fsp3) is 0.267. The van der Waals surface area contributed by atoms with Gasteiger partial charge in [0.25, 0.3) is 0 Å². The first-order valence-electron chi connectivity index (χ1n) is 6.21. The van der Waals surface area contributed by atoms with Crippen LogP contribution in [0.1, 0.15) is 27.0 Å². The van der Waals surface area contributed by atoms with E-state index < -0.39 is 0 Å². The molecule has 0 amide bonds. The van der Waals surface area contributed by atoms with Gasteiger partial charge in [0, 0.05) is 20.8 Å². The Morgan fingerprint density at radius 2 is 2.05 bits per heavy atom. The van der Waals surface area contributed by atoms with Gasteiger partial charge in [0.05, 0.1) is 12.7 Å². The van der Waals surface area contributed by atoms with Gasteiger partial charge in [-0.1, -0.05) is 18.5 Å². The van der Waals surface area contributed by atoms with Crippen molar-refractivity contribution in [3.8, 4) is 11.5 Å². The van der Waals surface area contributed by atoms with Crippen LogP contribution >= 0.6 is 22.9 Å². The molecule has 2 aromatic rings. The number of methoxy groups -OCH3 is 1. The van der Waals surface area contributed by atoms with Gasteiger partial charge in [0.15, 0.2) is 17.8 Å². The number of benzene rings is 1. The first kappa shape index (κ1) is 14.9. The van der Waals surface area contributed by atoms with E-state index in [1.165, 1.54) is 12.0 Å². The van der Waals surface area contributed by atoms with Gasteiger partial charge < -0.3 is 9.47 Å². The summed E-state index contributed by atoms with van der Waals surface area (Å²) >= 11 is 7.63. The molecule has 3 nitrogen and oxygen atoms in total. The second-order valence-electron chi connectivity index (χ2n) is 4.15. The summed E-state index contributed by atoms with van der Waals surface area (Å²) in [5.41, 5.74) is 0.390. The van der Waals surface area contributed by atoms with Crippen LogP contribution in [0.2, 0.25) is 5.02 Å². The zero-order valence-electron chi connectivity index (χ0n) is 11.3. The van der Waals surface area contributed by atoms with Gasteiger partial charge in [-0.2, -0.15) is 0 Å². The lowest BCUT2D eigenvalue weighted by Crippen LogP contribution is -1.99. The average Bonchev–Trinajstić information content (AvgIpc) is 2.92. The first-order chi connectivity index (χ1) is 9.67. The summed E-state index contributed by atoms with van der Waals surface area (Å²) in [5, 5.41) is 0.445. The first-order valence-corrected chi connectivity index (χ1v) is 7.40. The van der Waals surface area contributed by atoms with Crippen molar-refractivity contribution >= 4 is 29.2 Å². The minimum absolute atomic E-state index is 0.390. The molecule has 0 unspecified atom stereocenters. The summed E-state index contributed by atoms with van der Waals surface area (Å²) < 4.78 is 11.0. The molecular formula is C15H15ClO3S. The summed E-state index contributed by atoms with van der Waals surface area (Å²) in [5.74, 6) is 0.894. The number of rotatable bonds is 6. The Balaban J connectivity index is 2.21. The highest BCUT2D eigenvalue weighted by Gasteiger charge is 2.13. The van der Waals surface area contributed by atoms with Gasteiger partial charge >= 0.3 is 0 Å². The minimum Gasteiger partial charge on any atom is -0.493 e. The third kappa shape index (κ3) is 3.32. The molecule has 0 aliphatic heterocycles. The smallest absolute Gasteiger partial charge is 0.172 e. The Morgan fingerprint density at radius 1 is 1.30 bits per heavy atom. The molecule has 0 aliphatic rings. The molecule has 20 heavy (non-hydrogen) atoms. The van der Waals surface area contributed by atoms with Crippen LogP contribution in [-0.4, -0.2) is 13.4 Å². The van der Waals surface area contributed by atoms with E-state index >= 15 is 0 Å². The predicted octanol–water partition coefficient (Wildman–Crippen LogP) is 4.36. The second kappa shape index (κ2) is 6.77. The molecule has 0 N–H and O–H groups in total. The van der Waals surface area contributed by atoms with Gasteiger partial charge in [0.2, 0.25) is 0 Å². The SMILES string of the molecule is CCc1ccc(COc2c(C=O)cc(Cl)cc2OC)s1. The standard InChI is InChI=1S/C15H15ClO3S/c1-3-12-4-5-13(20-12)9-19-15-10(8-17)6-11(16)7-14(15)18-2/h4-8H,3,9H2,1-2H3. The Hall–Kier alpha value is -1.52. The van der Waals surface area contributed by atoms with Crippen LogP contribution in [0, 0.1) is 0 Å². The van der Waals surface area contributed by atoms with E-state index in [9.17, 15) is 4.79 Å². The van der Waals surface area contributed by atoms with Crippen LogP contribution in [0.4, 0.5) is 0 Å². The topological polar surface area (TPSA) is 35.5 Å². The van der Waals surface area contributed by atoms with Gasteiger partial charge in [-0.3, -0.25) is 4.79 Å². The number of carbonyl (C=O) groups is 1. The number of hydrogen-bond donors (Lipinski definition) is 0. The fourth-order valence-electron chi connectivity index (χ4n) is 1.82. The van der Waals surface area contributed by atoms with Crippen molar-refractivity contribution in [2.45, 2.75) is 20.0 Å². The maximum atomic E-state index is 11.1. The fourth-order valence-corrected chi connectivity index (χ4v) is 2.90. The molecular weight excluding hydrogens is 296 g/mol. The molecule has 0 fully saturated rings. The molecule has 0 saturated heterocycles. The van der Waals surface area contributed by atoms with Crippen molar-refractivity contribution in [2.75, 3.05) is 7.11 Å². The highest BCUT2D eigenvalue weighted by atomic mass is 35.5. The summed E-state index contributed by atoms with van der Waals surface area (Å²) in [6, 6.07) is 7.32. The van der Waals surface area contributed by atoms with Gasteiger partial charge in [0.1, 0.15) is 6.61 Å². The van der Waals surface area contributed by atoms with Crippen LogP contribution in [0.15, 0.2) is 24.3 Å². The molecule has 1 aromatic carbocycles. The summed E-state index contributed by atoms with van der Waals surface area (Å²) in [6.07, 6.45) is 1.73. The second-order valence-corrected chi connectivity index (χ2v) is 5.84. The molecule has 5 heteroatoms. The molecule has 1 aromatic heterocycles. The molecule has 0 saturated carbocycles. The predicted molar refractivity (Wildman–Crippen MR) is 81.4 cm³/mol. The maximum absolute atomic E-state index is 11.1. The lowest BCUT2D eigenvalue weighted by molar-refractivity contribution is 0.111. The number of hydrogen-bond acceptors (Lipinski definition) is 4. The van der Waals surface area contributed by atoms with E-state index in [1.54, 1.807) is 23.5 Å². The molecule has 1 heterocycles. The molecule has 106 valence electrons. The summed E-state index contributed by atoms with van der Waals surface area (Å²) in [6.45, 7) is 2.52. The van der Waals surface area contributed by atoms with E-state index in [0.29, 0.717) is 28.7 Å². The number of halogens is 1. The maximum Gasteiger partial charge on any atom is 0.172 e. The van der Waals surface area contributed by atoms with Gasteiger partial charge in [-0.25, -0.2) is 0 Å². The van der Waals surface area contributed by atoms with E-state index in [2.05, 4.69) is 13.0 Å². The van der Waals surface area contributed by atoms with E-state index in [-0.39, 0.29) is 0 Å². The Labute approximate surface area is 127 Å². The molecule has 2 rings (SSSR count). The normalized spacial score (nSPS) is 10.3. The minimum atomic E-state index is 0.390. The molecule has 0 spiro atoms. The number of ether oxygens (including phenoxy) is 2. The number of thiophene rings is 1. The summed E-state index contributed by atoms with van der Waals surface area (Å²) in [7, 11) is 1.52. The molecule has 0 radical (unpaired) electrons. The highest BCUT2D eigenvalue weighted by Crippen LogP contribution is 2.34. The van der Waals surface area contributed by atoms with Crippen LogP contribution in [-0.2, 0) is 13.0 Å². The van der Waals surface area contributed by atoms with Crippen LogP contribution in [0.3, 0.4) is 0 Å². The van der Waals surface area contributed by atoms with Crippen LogP contribution in [0.25, 0.3) is 0 Å². The van der Waals surface area contributed by atoms with Crippen molar-refractivity contribution in [3.63, 3.8) is 0 Å². The summed E-state index contributed by atoms with van der Waals surface area (Å²) in [4.78, 5) is 13.5. The monoisotopic (exact) mass is 310 g/mol. The third-order valence-corrected chi connectivity index (χ3v) is 4.24. The van der Waals surface area contributed by atoms with Crippen LogP contribution < -0.4 is 9.47 Å². The Kier molecular flexibility index (Phi) is 5.04. The zero-order valence-corrected chi connectivity index (χ0v) is 12.9. The largest absolute Gasteiger partial charge is 0.493 e. The Bertz CT molecular complexity index is 607. The number of carbonyl (C=O) groups excluding carboxylic acids is 1. The zero-order chi connectivity index (χ0) is 14.5. The van der Waals surface area contributed by atoms with E-state index in [0.717, 1.165) is 17.6 Å². The average molecular weight is 311 g/mol. The van der Waals surface area contributed by atoms with Crippen molar-refractivity contribution in [3.05, 3.63) is 44.6 Å². The lowest BCUT2D eigenvalue weighted by Gasteiger charge is -2.12. The lowest BCUT2D eigenvalue weighted by atomic mass is 10.2. The van der Waals surface area contributed by atoms with Gasteiger partial charge in [-0.15, -0.1) is 11.3 Å². The van der Waals surface area contributed by atoms with Crippen molar-refractivity contribution < 1.29 is 14.3 Å². The number of aryl methyl sites for hydroxylation is 1. The van der Waals surface area contributed by atoms with Gasteiger partial charge in [-0.05, 0) is 24.6 Å². The third-order valence-electron chi connectivity index (χ3n) is 2.82. The van der Waals surface area contributed by atoms with E-state index in [1.807, 2.05) is 6.07 Å². The molecule has 0 aliphatic carbocycles. The van der Waals surface area contributed by atoms with Crippen molar-refractivity contribution in [2.24, 2.45) is 0 Å². The van der Waals surface area contributed by atoms with Crippen molar-refractivity contribution in [1.82, 2.24) is 0 Å². The number of aldehydes is 1.